The molecule has 150 valence electrons. The normalized spacial score (nSPS) is 21.3. The Labute approximate surface area is 170 Å². The first kappa shape index (κ1) is 19.1. The van der Waals surface area contributed by atoms with Crippen molar-refractivity contribution in [1.29, 1.82) is 0 Å². The van der Waals surface area contributed by atoms with Crippen LogP contribution in [0.1, 0.15) is 12.8 Å². The molecule has 1 aromatic carbocycles. The van der Waals surface area contributed by atoms with E-state index in [1.807, 2.05) is 23.1 Å². The Hall–Kier alpha value is -3.22. The zero-order valence-electron chi connectivity index (χ0n) is 16.2. The number of anilines is 1. The van der Waals surface area contributed by atoms with Crippen molar-refractivity contribution in [3.8, 4) is 0 Å². The van der Waals surface area contributed by atoms with Gasteiger partial charge in [-0.1, -0.05) is 36.4 Å². The van der Waals surface area contributed by atoms with Gasteiger partial charge in [-0.3, -0.25) is 14.5 Å². The molecule has 4 rings (SSSR count). The molecule has 0 radical (unpaired) electrons. The molecule has 2 heterocycles. The third-order valence-electron chi connectivity index (χ3n) is 5.51. The highest BCUT2D eigenvalue weighted by molar-refractivity contribution is 6.21. The summed E-state index contributed by atoms with van der Waals surface area (Å²) in [6.07, 6.45) is 7.76. The molecule has 2 aliphatic heterocycles. The number of nitrogens with zero attached hydrogens (tertiary/aromatic N) is 4. The minimum Gasteiger partial charge on any atom is -0.368 e. The van der Waals surface area contributed by atoms with E-state index in [1.165, 1.54) is 5.69 Å². The van der Waals surface area contributed by atoms with E-state index in [-0.39, 0.29) is 18.4 Å². The summed E-state index contributed by atoms with van der Waals surface area (Å²) in [7, 11) is 0. The number of carbonyl (C=O) groups excluding carboxylic acids is 3. The van der Waals surface area contributed by atoms with Crippen molar-refractivity contribution in [3.05, 3.63) is 54.6 Å². The zero-order chi connectivity index (χ0) is 20.2. The van der Waals surface area contributed by atoms with Crippen molar-refractivity contribution in [2.24, 2.45) is 10.9 Å². The number of hydrogen-bond donors (Lipinski definition) is 0. The van der Waals surface area contributed by atoms with Gasteiger partial charge in [0.1, 0.15) is 0 Å². The van der Waals surface area contributed by atoms with Crippen molar-refractivity contribution < 1.29 is 14.4 Å². The number of amides is 4. The Kier molecular flexibility index (Phi) is 5.55. The maximum Gasteiger partial charge on any atom is 0.350 e. The molecule has 1 aromatic rings. The molecular formula is C22H24N4O3. The van der Waals surface area contributed by atoms with E-state index in [0.29, 0.717) is 31.6 Å². The second kappa shape index (κ2) is 8.43. The van der Waals surface area contributed by atoms with Crippen LogP contribution in [0.2, 0.25) is 0 Å². The lowest BCUT2D eigenvalue weighted by Gasteiger charge is -2.36. The predicted molar refractivity (Wildman–Crippen MR) is 111 cm³/mol. The van der Waals surface area contributed by atoms with Crippen LogP contribution in [-0.4, -0.2) is 66.1 Å². The summed E-state index contributed by atoms with van der Waals surface area (Å²) in [6.45, 7) is 3.19. The quantitative estimate of drug-likeness (QED) is 0.771. The molecule has 1 aliphatic carbocycles. The fourth-order valence-electron chi connectivity index (χ4n) is 3.89. The van der Waals surface area contributed by atoms with E-state index in [2.05, 4.69) is 22.0 Å². The standard InChI is InChI=1S/C22H24N4O3/c27-20(25-15-13-24(14-16-25)17-7-2-1-3-8-17)11-6-12-26-21(28)18-9-4-5-10-19(18)23-22(26)29/h1-5,7-10,18H,6,11-16H2. The number of hydrogen-bond acceptors (Lipinski definition) is 4. The smallest absolute Gasteiger partial charge is 0.350 e. The zero-order valence-corrected chi connectivity index (χ0v) is 16.2. The average molecular weight is 392 g/mol. The number of carbonyl (C=O) groups is 3. The van der Waals surface area contributed by atoms with E-state index in [4.69, 9.17) is 0 Å². The number of imide groups is 1. The van der Waals surface area contributed by atoms with Crippen molar-refractivity contribution in [2.75, 3.05) is 37.6 Å². The number of para-hydroxylation sites is 1. The molecule has 1 unspecified atom stereocenters. The van der Waals surface area contributed by atoms with Crippen LogP contribution in [0, 0.1) is 5.92 Å². The number of piperazine rings is 1. The summed E-state index contributed by atoms with van der Waals surface area (Å²) >= 11 is 0. The lowest BCUT2D eigenvalue weighted by Crippen LogP contribution is -2.49. The summed E-state index contributed by atoms with van der Waals surface area (Å²) in [5.74, 6) is -0.678. The molecule has 7 heteroatoms. The SMILES string of the molecule is O=C(CCCN1C(=O)N=C2C=CC=CC2C1=O)N1CCN(c2ccccc2)CC1. The van der Waals surface area contributed by atoms with Crippen LogP contribution in [0.5, 0.6) is 0 Å². The number of urea groups is 1. The molecule has 1 atom stereocenters. The molecule has 1 saturated heterocycles. The van der Waals surface area contributed by atoms with Gasteiger partial charge in [0.2, 0.25) is 11.8 Å². The Morgan fingerprint density at radius 3 is 2.55 bits per heavy atom. The molecular weight excluding hydrogens is 368 g/mol. The Bertz CT molecular complexity index is 883. The molecule has 3 aliphatic rings. The number of benzene rings is 1. The average Bonchev–Trinajstić information content (AvgIpc) is 2.76. The maximum atomic E-state index is 12.6. The molecule has 0 saturated carbocycles. The second-order valence-electron chi connectivity index (χ2n) is 7.34. The van der Waals surface area contributed by atoms with Crippen molar-refractivity contribution in [2.45, 2.75) is 12.8 Å². The van der Waals surface area contributed by atoms with Crippen LogP contribution in [0.15, 0.2) is 59.6 Å². The van der Waals surface area contributed by atoms with Crippen molar-refractivity contribution in [1.82, 2.24) is 9.80 Å². The van der Waals surface area contributed by atoms with Crippen LogP contribution in [0.4, 0.5) is 10.5 Å². The highest BCUT2D eigenvalue weighted by atomic mass is 16.2. The fourth-order valence-corrected chi connectivity index (χ4v) is 3.89. The van der Waals surface area contributed by atoms with Crippen molar-refractivity contribution >= 4 is 29.2 Å². The molecule has 1 fully saturated rings. The number of allylic oxidation sites excluding steroid dienone is 3. The summed E-state index contributed by atoms with van der Waals surface area (Å²) in [5.41, 5.74) is 1.67. The third-order valence-corrected chi connectivity index (χ3v) is 5.51. The van der Waals surface area contributed by atoms with E-state index in [0.717, 1.165) is 18.0 Å². The predicted octanol–water partition coefficient (Wildman–Crippen LogP) is 2.26. The fraction of sp³-hybridized carbons (Fsp3) is 0.364. The topological polar surface area (TPSA) is 73.3 Å². The van der Waals surface area contributed by atoms with E-state index >= 15 is 0 Å². The van der Waals surface area contributed by atoms with Gasteiger partial charge in [-0.2, -0.15) is 4.99 Å². The lowest BCUT2D eigenvalue weighted by molar-refractivity contribution is -0.133. The summed E-state index contributed by atoms with van der Waals surface area (Å²) in [6, 6.07) is 9.65. The third kappa shape index (κ3) is 4.13. The summed E-state index contributed by atoms with van der Waals surface area (Å²) < 4.78 is 0. The maximum absolute atomic E-state index is 12.6. The van der Waals surface area contributed by atoms with Gasteiger partial charge in [0, 0.05) is 44.8 Å². The Morgan fingerprint density at radius 1 is 1.03 bits per heavy atom. The van der Waals surface area contributed by atoms with Gasteiger partial charge in [0.25, 0.3) is 0 Å². The van der Waals surface area contributed by atoms with Crippen LogP contribution in [-0.2, 0) is 9.59 Å². The van der Waals surface area contributed by atoms with Gasteiger partial charge < -0.3 is 9.80 Å². The molecule has 0 N–H and O–H groups in total. The van der Waals surface area contributed by atoms with E-state index in [1.54, 1.807) is 24.3 Å². The highest BCUT2D eigenvalue weighted by Crippen LogP contribution is 2.20. The monoisotopic (exact) mass is 392 g/mol. The molecule has 0 aromatic heterocycles. The minimum absolute atomic E-state index is 0.0688. The molecule has 4 amide bonds. The van der Waals surface area contributed by atoms with Crippen molar-refractivity contribution in [3.63, 3.8) is 0 Å². The molecule has 0 spiro atoms. The largest absolute Gasteiger partial charge is 0.368 e. The Balaban J connectivity index is 1.25. The second-order valence-corrected chi connectivity index (χ2v) is 7.34. The first-order chi connectivity index (χ1) is 14.1. The summed E-state index contributed by atoms with van der Waals surface area (Å²) in [5, 5.41) is 0. The van der Waals surface area contributed by atoms with Crippen LogP contribution in [0.25, 0.3) is 0 Å². The van der Waals surface area contributed by atoms with Gasteiger partial charge >= 0.3 is 6.03 Å². The molecule has 7 nitrogen and oxygen atoms in total. The van der Waals surface area contributed by atoms with E-state index in [9.17, 15) is 14.4 Å². The minimum atomic E-state index is -0.537. The van der Waals surface area contributed by atoms with Gasteiger partial charge in [0.15, 0.2) is 0 Å². The van der Waals surface area contributed by atoms with Crippen LogP contribution < -0.4 is 4.90 Å². The van der Waals surface area contributed by atoms with E-state index < -0.39 is 11.9 Å². The molecule has 29 heavy (non-hydrogen) atoms. The highest BCUT2D eigenvalue weighted by Gasteiger charge is 2.35. The van der Waals surface area contributed by atoms with Crippen LogP contribution in [0.3, 0.4) is 0 Å². The number of rotatable bonds is 5. The molecule has 0 bridgehead atoms. The van der Waals surface area contributed by atoms with Gasteiger partial charge in [-0.05, 0) is 24.6 Å². The van der Waals surface area contributed by atoms with Gasteiger partial charge in [-0.25, -0.2) is 4.79 Å². The number of aliphatic imine (C=N–C) groups is 1. The lowest BCUT2D eigenvalue weighted by atomic mass is 9.95. The Morgan fingerprint density at radius 2 is 1.79 bits per heavy atom. The van der Waals surface area contributed by atoms with Crippen LogP contribution >= 0.6 is 0 Å². The van der Waals surface area contributed by atoms with Gasteiger partial charge in [0.05, 0.1) is 11.6 Å². The van der Waals surface area contributed by atoms with Gasteiger partial charge in [-0.15, -0.1) is 0 Å². The first-order valence-electron chi connectivity index (χ1n) is 10.00. The number of fused-ring (bicyclic) bond motifs is 1. The summed E-state index contributed by atoms with van der Waals surface area (Å²) in [4.78, 5) is 46.6. The first-order valence-corrected chi connectivity index (χ1v) is 10.00.